The molecule has 7 nitrogen and oxygen atoms in total. The highest BCUT2D eigenvalue weighted by Gasteiger charge is 2.19. The first-order valence-corrected chi connectivity index (χ1v) is 8.06. The summed E-state index contributed by atoms with van der Waals surface area (Å²) in [6.45, 7) is 8.29. The maximum Gasteiger partial charge on any atom is 0.407 e. The van der Waals surface area contributed by atoms with Crippen molar-refractivity contribution in [2.45, 2.75) is 40.2 Å². The molecule has 1 atom stereocenters. The molecule has 1 aromatic heterocycles. The van der Waals surface area contributed by atoms with Gasteiger partial charge in [0.1, 0.15) is 0 Å². The minimum absolute atomic E-state index is 0.193. The molecule has 8 heteroatoms. The van der Waals surface area contributed by atoms with Crippen molar-refractivity contribution in [1.29, 1.82) is 0 Å². The molecule has 0 aliphatic carbocycles. The molecular formula is C14H23BrN4O3. The summed E-state index contributed by atoms with van der Waals surface area (Å²) in [4.78, 5) is 23.6. The average Bonchev–Trinajstić information content (AvgIpc) is 2.76. The van der Waals surface area contributed by atoms with Crippen LogP contribution in [0, 0.1) is 12.8 Å². The Labute approximate surface area is 138 Å². The maximum atomic E-state index is 12.1. The highest BCUT2D eigenvalue weighted by atomic mass is 79.9. The van der Waals surface area contributed by atoms with Crippen molar-refractivity contribution in [3.8, 4) is 0 Å². The lowest BCUT2D eigenvalue weighted by Gasteiger charge is -2.20. The molecule has 0 aliphatic rings. The monoisotopic (exact) mass is 374 g/mol. The molecule has 0 aromatic carbocycles. The van der Waals surface area contributed by atoms with Crippen molar-refractivity contribution < 1.29 is 14.3 Å². The van der Waals surface area contributed by atoms with Gasteiger partial charge in [0.05, 0.1) is 11.1 Å². The van der Waals surface area contributed by atoms with Crippen molar-refractivity contribution >= 4 is 27.9 Å². The van der Waals surface area contributed by atoms with Crippen LogP contribution in [0.2, 0.25) is 0 Å². The van der Waals surface area contributed by atoms with Gasteiger partial charge in [0.25, 0.3) is 5.91 Å². The van der Waals surface area contributed by atoms with E-state index in [0.29, 0.717) is 29.2 Å². The fourth-order valence-corrected chi connectivity index (χ4v) is 2.32. The van der Waals surface area contributed by atoms with E-state index in [1.54, 1.807) is 6.92 Å². The predicted molar refractivity (Wildman–Crippen MR) is 86.8 cm³/mol. The Kier molecular flexibility index (Phi) is 7.37. The lowest BCUT2D eigenvalue weighted by Crippen LogP contribution is -2.44. The molecule has 0 bridgehead atoms. The van der Waals surface area contributed by atoms with Gasteiger partial charge in [0.2, 0.25) is 0 Å². The van der Waals surface area contributed by atoms with Gasteiger partial charge in [-0.15, -0.1) is 0 Å². The van der Waals surface area contributed by atoms with E-state index in [2.05, 4.69) is 50.6 Å². The Hall–Kier alpha value is -1.57. The third kappa shape index (κ3) is 5.67. The SMILES string of the molecule is CCOC(=O)NC(CNC(=O)c1n[nH]c(C)c1Br)CC(C)C. The van der Waals surface area contributed by atoms with Gasteiger partial charge in [-0.3, -0.25) is 9.89 Å². The molecule has 0 saturated carbocycles. The van der Waals surface area contributed by atoms with E-state index in [0.717, 1.165) is 12.1 Å². The van der Waals surface area contributed by atoms with E-state index < -0.39 is 6.09 Å². The Morgan fingerprint density at radius 2 is 2.09 bits per heavy atom. The van der Waals surface area contributed by atoms with Gasteiger partial charge in [-0.25, -0.2) is 4.79 Å². The number of nitrogens with one attached hydrogen (secondary N) is 3. The third-order valence-electron chi connectivity index (χ3n) is 2.95. The Bertz CT molecular complexity index is 516. The lowest BCUT2D eigenvalue weighted by atomic mass is 10.0. The van der Waals surface area contributed by atoms with Gasteiger partial charge in [0.15, 0.2) is 5.69 Å². The maximum absolute atomic E-state index is 12.1. The van der Waals surface area contributed by atoms with E-state index >= 15 is 0 Å². The van der Waals surface area contributed by atoms with Crippen LogP contribution in [0.4, 0.5) is 4.79 Å². The largest absolute Gasteiger partial charge is 0.450 e. The molecule has 0 saturated heterocycles. The van der Waals surface area contributed by atoms with Gasteiger partial charge in [-0.2, -0.15) is 5.10 Å². The van der Waals surface area contributed by atoms with Crippen molar-refractivity contribution in [1.82, 2.24) is 20.8 Å². The van der Waals surface area contributed by atoms with E-state index in [-0.39, 0.29) is 11.9 Å². The molecule has 0 spiro atoms. The van der Waals surface area contributed by atoms with Crippen LogP contribution in [0.15, 0.2) is 4.47 Å². The van der Waals surface area contributed by atoms with Gasteiger partial charge < -0.3 is 15.4 Å². The minimum Gasteiger partial charge on any atom is -0.450 e. The number of ether oxygens (including phenoxy) is 1. The molecule has 1 unspecified atom stereocenters. The van der Waals surface area contributed by atoms with E-state index in [4.69, 9.17) is 4.74 Å². The summed E-state index contributed by atoms with van der Waals surface area (Å²) in [7, 11) is 0. The topological polar surface area (TPSA) is 96.1 Å². The van der Waals surface area contributed by atoms with Crippen molar-refractivity contribution in [3.05, 3.63) is 15.9 Å². The molecule has 22 heavy (non-hydrogen) atoms. The van der Waals surface area contributed by atoms with Crippen LogP contribution in [-0.2, 0) is 4.74 Å². The summed E-state index contributed by atoms with van der Waals surface area (Å²) in [5.41, 5.74) is 1.09. The molecule has 0 aliphatic heterocycles. The molecule has 3 N–H and O–H groups in total. The van der Waals surface area contributed by atoms with E-state index in [1.807, 2.05) is 6.92 Å². The zero-order valence-electron chi connectivity index (χ0n) is 13.3. The number of carbonyl (C=O) groups is 2. The van der Waals surface area contributed by atoms with Gasteiger partial charge in [0, 0.05) is 18.3 Å². The van der Waals surface area contributed by atoms with Gasteiger partial charge >= 0.3 is 6.09 Å². The summed E-state index contributed by atoms with van der Waals surface area (Å²) in [6.07, 6.45) is 0.263. The van der Waals surface area contributed by atoms with Crippen LogP contribution in [0.1, 0.15) is 43.4 Å². The normalized spacial score (nSPS) is 12.1. The summed E-state index contributed by atoms with van der Waals surface area (Å²) >= 11 is 3.31. The number of halogens is 1. The molecule has 0 fully saturated rings. The van der Waals surface area contributed by atoms with Gasteiger partial charge in [-0.1, -0.05) is 13.8 Å². The zero-order valence-corrected chi connectivity index (χ0v) is 14.9. The summed E-state index contributed by atoms with van der Waals surface area (Å²) in [5, 5.41) is 12.2. The number of H-pyrrole nitrogens is 1. The number of amides is 2. The van der Waals surface area contributed by atoms with Crippen molar-refractivity contribution in [2.24, 2.45) is 5.92 Å². The highest BCUT2D eigenvalue weighted by Crippen LogP contribution is 2.17. The zero-order chi connectivity index (χ0) is 16.7. The summed E-state index contributed by atoms with van der Waals surface area (Å²) in [6, 6.07) is -0.193. The molecule has 0 radical (unpaired) electrons. The average molecular weight is 375 g/mol. The smallest absolute Gasteiger partial charge is 0.407 e. The van der Waals surface area contributed by atoms with Crippen LogP contribution in [0.25, 0.3) is 0 Å². The van der Waals surface area contributed by atoms with E-state index in [9.17, 15) is 9.59 Å². The van der Waals surface area contributed by atoms with Crippen molar-refractivity contribution in [2.75, 3.05) is 13.2 Å². The number of nitrogens with zero attached hydrogens (tertiary/aromatic N) is 1. The quantitative estimate of drug-likeness (QED) is 0.682. The number of carbonyl (C=O) groups excluding carboxylic acids is 2. The third-order valence-corrected chi connectivity index (χ3v) is 3.92. The Morgan fingerprint density at radius 3 is 2.59 bits per heavy atom. The lowest BCUT2D eigenvalue weighted by molar-refractivity contribution is 0.0938. The predicted octanol–water partition coefficient (Wildman–Crippen LogP) is 2.37. The number of alkyl carbamates (subject to hydrolysis) is 1. The molecule has 1 heterocycles. The molecule has 1 aromatic rings. The first kappa shape index (κ1) is 18.5. The van der Waals surface area contributed by atoms with Crippen LogP contribution in [0.5, 0.6) is 0 Å². The molecule has 2 amide bonds. The van der Waals surface area contributed by atoms with Crippen molar-refractivity contribution in [3.63, 3.8) is 0 Å². The van der Waals surface area contributed by atoms with Crippen LogP contribution < -0.4 is 10.6 Å². The molecular weight excluding hydrogens is 352 g/mol. The number of hydrogen-bond donors (Lipinski definition) is 3. The van der Waals surface area contributed by atoms with Crippen LogP contribution in [0.3, 0.4) is 0 Å². The Balaban J connectivity index is 2.60. The first-order valence-electron chi connectivity index (χ1n) is 7.27. The second kappa shape index (κ2) is 8.77. The number of aromatic amines is 1. The fourth-order valence-electron chi connectivity index (χ4n) is 1.97. The standard InChI is InChI=1S/C14H23BrN4O3/c1-5-22-14(21)17-10(6-8(2)3)7-16-13(20)12-11(15)9(4)18-19-12/h8,10H,5-7H2,1-4H3,(H,16,20)(H,17,21)(H,18,19). The fraction of sp³-hybridized carbons (Fsp3) is 0.643. The second-order valence-corrected chi connectivity index (χ2v) is 6.21. The molecule has 124 valence electrons. The number of hydrogen-bond acceptors (Lipinski definition) is 4. The number of rotatable bonds is 7. The minimum atomic E-state index is -0.473. The van der Waals surface area contributed by atoms with E-state index in [1.165, 1.54) is 0 Å². The second-order valence-electron chi connectivity index (χ2n) is 5.41. The highest BCUT2D eigenvalue weighted by molar-refractivity contribution is 9.10. The summed E-state index contributed by atoms with van der Waals surface area (Å²) < 4.78 is 5.52. The van der Waals surface area contributed by atoms with Crippen LogP contribution in [-0.4, -0.2) is 41.4 Å². The van der Waals surface area contributed by atoms with Gasteiger partial charge in [-0.05, 0) is 42.1 Å². The Morgan fingerprint density at radius 1 is 1.41 bits per heavy atom. The molecule has 1 rings (SSSR count). The first-order chi connectivity index (χ1) is 10.3. The number of aryl methyl sites for hydroxylation is 1. The number of aromatic nitrogens is 2. The summed E-state index contributed by atoms with van der Waals surface area (Å²) in [5.74, 6) is 0.0823. The van der Waals surface area contributed by atoms with Crippen LogP contribution >= 0.6 is 15.9 Å².